The van der Waals surface area contributed by atoms with Gasteiger partial charge in [-0.3, -0.25) is 0 Å². The second kappa shape index (κ2) is 6.33. The molecule has 7 nitrogen and oxygen atoms in total. The van der Waals surface area contributed by atoms with Gasteiger partial charge in [0.25, 0.3) is 0 Å². The first-order valence-electron chi connectivity index (χ1n) is 7.00. The molecule has 0 unspecified atom stereocenters. The van der Waals surface area contributed by atoms with Crippen molar-refractivity contribution in [1.82, 2.24) is 24.9 Å². The van der Waals surface area contributed by atoms with Crippen molar-refractivity contribution in [2.24, 2.45) is 0 Å². The lowest BCUT2D eigenvalue weighted by Crippen LogP contribution is -2.48. The molecule has 0 spiro atoms. The monoisotopic (exact) mass is 295 g/mol. The molecule has 0 radical (unpaired) electrons. The van der Waals surface area contributed by atoms with E-state index in [4.69, 9.17) is 0 Å². The smallest absolute Gasteiger partial charge is 0.184 e. The van der Waals surface area contributed by atoms with Crippen LogP contribution in [0.15, 0.2) is 42.7 Å². The zero-order valence-corrected chi connectivity index (χ0v) is 12.1. The van der Waals surface area contributed by atoms with Gasteiger partial charge in [-0.2, -0.15) is 0 Å². The van der Waals surface area contributed by atoms with Crippen molar-refractivity contribution >= 4 is 0 Å². The summed E-state index contributed by atoms with van der Waals surface area (Å²) in [5, 5.41) is 0. The van der Waals surface area contributed by atoms with E-state index in [1.54, 1.807) is 12.4 Å². The summed E-state index contributed by atoms with van der Waals surface area (Å²) in [6, 6.07) is 9.46. The lowest BCUT2D eigenvalue weighted by Gasteiger charge is -2.05. The van der Waals surface area contributed by atoms with Crippen LogP contribution in [0.1, 0.15) is 11.6 Å². The molecule has 0 amide bonds. The quantitative estimate of drug-likeness (QED) is 0.671. The number of aromatic nitrogens is 5. The van der Waals surface area contributed by atoms with Gasteiger partial charge in [-0.15, -0.1) is 0 Å². The van der Waals surface area contributed by atoms with Crippen LogP contribution < -0.4 is 11.5 Å². The van der Waals surface area contributed by atoms with Crippen LogP contribution in [0, 0.1) is 0 Å². The molecule has 22 heavy (non-hydrogen) atoms. The SMILES string of the molecule is [NH3+]Cc1nccc(-c2cccc(-c3ccnc(C[NH3+])n3)n2)n1. The van der Waals surface area contributed by atoms with Crippen molar-refractivity contribution in [2.45, 2.75) is 13.1 Å². The van der Waals surface area contributed by atoms with E-state index in [0.717, 1.165) is 22.8 Å². The molecule has 0 fully saturated rings. The first-order chi connectivity index (χ1) is 10.8. The number of rotatable bonds is 4. The Hall–Kier alpha value is -2.77. The fraction of sp³-hybridized carbons (Fsp3) is 0.133. The van der Waals surface area contributed by atoms with Crippen molar-refractivity contribution in [2.75, 3.05) is 0 Å². The minimum atomic E-state index is 0.548. The summed E-state index contributed by atoms with van der Waals surface area (Å²) in [4.78, 5) is 21.9. The van der Waals surface area contributed by atoms with Crippen molar-refractivity contribution in [3.8, 4) is 22.8 Å². The number of hydrogen-bond donors (Lipinski definition) is 2. The van der Waals surface area contributed by atoms with Crippen LogP contribution in [0.3, 0.4) is 0 Å². The van der Waals surface area contributed by atoms with E-state index in [1.165, 1.54) is 0 Å². The maximum absolute atomic E-state index is 4.64. The van der Waals surface area contributed by atoms with Gasteiger partial charge in [0, 0.05) is 12.4 Å². The molecule has 0 aliphatic carbocycles. The molecular formula is C15H17N7+2. The van der Waals surface area contributed by atoms with Crippen LogP contribution in [0.4, 0.5) is 0 Å². The molecule has 110 valence electrons. The summed E-state index contributed by atoms with van der Waals surface area (Å²) >= 11 is 0. The largest absolute Gasteiger partial charge is 0.351 e. The number of quaternary nitrogens is 2. The highest BCUT2D eigenvalue weighted by Gasteiger charge is 2.08. The first kappa shape index (κ1) is 14.2. The standard InChI is InChI=1S/C15H15N7/c16-8-14-18-6-4-12(21-14)10-2-1-3-11(20-10)13-5-7-19-15(9-17)22-13/h1-7H,8-9,16-17H2/p+2. The molecule has 3 heterocycles. The third-order valence-corrected chi connectivity index (χ3v) is 3.13. The summed E-state index contributed by atoms with van der Waals surface area (Å²) in [7, 11) is 0. The van der Waals surface area contributed by atoms with Gasteiger partial charge in [-0.25, -0.2) is 24.9 Å². The number of pyridine rings is 1. The van der Waals surface area contributed by atoms with Gasteiger partial charge in [-0.05, 0) is 24.3 Å². The summed E-state index contributed by atoms with van der Waals surface area (Å²) in [6.45, 7) is 1.10. The molecular weight excluding hydrogens is 278 g/mol. The predicted molar refractivity (Wildman–Crippen MR) is 79.5 cm³/mol. The van der Waals surface area contributed by atoms with Crippen molar-refractivity contribution in [1.29, 1.82) is 0 Å². The second-order valence-corrected chi connectivity index (χ2v) is 4.62. The van der Waals surface area contributed by atoms with Gasteiger partial charge in [0.15, 0.2) is 11.6 Å². The Bertz CT molecular complexity index is 725. The molecule has 6 N–H and O–H groups in total. The molecule has 0 aromatic carbocycles. The second-order valence-electron chi connectivity index (χ2n) is 4.62. The predicted octanol–water partition coefficient (Wildman–Crippen LogP) is -0.521. The maximum atomic E-state index is 4.64. The van der Waals surface area contributed by atoms with E-state index in [2.05, 4.69) is 36.4 Å². The molecule has 0 saturated heterocycles. The molecule has 7 heteroatoms. The van der Waals surface area contributed by atoms with Gasteiger partial charge < -0.3 is 11.5 Å². The minimum absolute atomic E-state index is 0.548. The molecule has 3 rings (SSSR count). The van der Waals surface area contributed by atoms with Gasteiger partial charge in [-0.1, -0.05) is 6.07 Å². The highest BCUT2D eigenvalue weighted by molar-refractivity contribution is 5.61. The molecule has 0 atom stereocenters. The lowest BCUT2D eigenvalue weighted by molar-refractivity contribution is -0.388. The molecule has 0 bridgehead atoms. The Morgan fingerprint density at radius 3 is 1.55 bits per heavy atom. The highest BCUT2D eigenvalue weighted by Crippen LogP contribution is 2.19. The van der Waals surface area contributed by atoms with Crippen LogP contribution in [0.5, 0.6) is 0 Å². The average Bonchev–Trinajstić information content (AvgIpc) is 2.62. The maximum Gasteiger partial charge on any atom is 0.184 e. The van der Waals surface area contributed by atoms with Crippen molar-refractivity contribution in [3.63, 3.8) is 0 Å². The topological polar surface area (TPSA) is 120 Å². The fourth-order valence-electron chi connectivity index (χ4n) is 2.04. The number of hydrogen-bond acceptors (Lipinski definition) is 5. The first-order valence-corrected chi connectivity index (χ1v) is 7.00. The summed E-state index contributed by atoms with van der Waals surface area (Å²) in [5.74, 6) is 1.40. The number of nitrogens with zero attached hydrogens (tertiary/aromatic N) is 5. The Labute approximate surface area is 127 Å². The molecule has 0 saturated carbocycles. The molecule has 0 aliphatic rings. The van der Waals surface area contributed by atoms with Gasteiger partial charge in [0.1, 0.15) is 13.1 Å². The van der Waals surface area contributed by atoms with Gasteiger partial charge in [0.05, 0.1) is 22.8 Å². The normalized spacial score (nSPS) is 10.6. The zero-order valence-electron chi connectivity index (χ0n) is 12.1. The zero-order chi connectivity index (χ0) is 15.4. The van der Waals surface area contributed by atoms with Crippen molar-refractivity contribution in [3.05, 3.63) is 54.4 Å². The van der Waals surface area contributed by atoms with Crippen LogP contribution in [0.25, 0.3) is 22.8 Å². The van der Waals surface area contributed by atoms with E-state index in [0.29, 0.717) is 24.7 Å². The fourth-order valence-corrected chi connectivity index (χ4v) is 2.04. The van der Waals surface area contributed by atoms with Crippen LogP contribution in [-0.2, 0) is 13.1 Å². The highest BCUT2D eigenvalue weighted by atomic mass is 14.9. The Balaban J connectivity index is 2.01. The van der Waals surface area contributed by atoms with Gasteiger partial charge >= 0.3 is 0 Å². The van der Waals surface area contributed by atoms with E-state index in [9.17, 15) is 0 Å². The Morgan fingerprint density at radius 2 is 1.09 bits per heavy atom. The Kier molecular flexibility index (Phi) is 4.08. The average molecular weight is 295 g/mol. The summed E-state index contributed by atoms with van der Waals surface area (Å²) in [6.07, 6.45) is 3.45. The third-order valence-electron chi connectivity index (χ3n) is 3.13. The van der Waals surface area contributed by atoms with Crippen LogP contribution in [-0.4, -0.2) is 24.9 Å². The summed E-state index contributed by atoms with van der Waals surface area (Å²) < 4.78 is 0. The lowest BCUT2D eigenvalue weighted by atomic mass is 10.2. The van der Waals surface area contributed by atoms with Crippen LogP contribution in [0.2, 0.25) is 0 Å². The minimum Gasteiger partial charge on any atom is -0.351 e. The van der Waals surface area contributed by atoms with E-state index < -0.39 is 0 Å². The van der Waals surface area contributed by atoms with E-state index >= 15 is 0 Å². The molecule has 3 aromatic rings. The van der Waals surface area contributed by atoms with Crippen molar-refractivity contribution < 1.29 is 11.5 Å². The molecule has 0 aliphatic heterocycles. The van der Waals surface area contributed by atoms with E-state index in [1.807, 2.05) is 30.3 Å². The molecule has 3 aromatic heterocycles. The third kappa shape index (κ3) is 2.95. The Morgan fingerprint density at radius 1 is 0.636 bits per heavy atom. The summed E-state index contributed by atoms with van der Waals surface area (Å²) in [5.41, 5.74) is 10.7. The van der Waals surface area contributed by atoms with Gasteiger partial charge in [0.2, 0.25) is 0 Å². The van der Waals surface area contributed by atoms with Crippen LogP contribution >= 0.6 is 0 Å². The van der Waals surface area contributed by atoms with E-state index in [-0.39, 0.29) is 0 Å².